The number of amides is 1. The second kappa shape index (κ2) is 4.59. The van der Waals surface area contributed by atoms with Crippen molar-refractivity contribution < 1.29 is 4.79 Å². The van der Waals surface area contributed by atoms with Crippen LogP contribution in [0.1, 0.15) is 23.0 Å². The van der Waals surface area contributed by atoms with Gasteiger partial charge in [-0.15, -0.1) is 0 Å². The summed E-state index contributed by atoms with van der Waals surface area (Å²) in [5, 5.41) is 6.92. The minimum Gasteiger partial charge on any atom is -0.351 e. The van der Waals surface area contributed by atoms with Gasteiger partial charge in [-0.2, -0.15) is 5.10 Å². The first-order valence-corrected chi connectivity index (χ1v) is 5.34. The fourth-order valence-corrected chi connectivity index (χ4v) is 1.31. The molecule has 4 nitrogen and oxygen atoms in total. The standard InChI is InChI=1S/C9H14BrN3O/c1-6(10)4-11-9(14)8-5-13(3)12-7(8)2/h5-6H,4H2,1-3H3,(H,11,14). The van der Waals surface area contributed by atoms with Gasteiger partial charge in [-0.25, -0.2) is 0 Å². The number of nitrogens with zero attached hydrogens (tertiary/aromatic N) is 2. The van der Waals surface area contributed by atoms with Crippen molar-refractivity contribution in [3.05, 3.63) is 17.5 Å². The molecular formula is C9H14BrN3O. The molecule has 0 spiro atoms. The molecule has 1 atom stereocenters. The van der Waals surface area contributed by atoms with E-state index in [-0.39, 0.29) is 10.7 Å². The molecule has 0 bridgehead atoms. The van der Waals surface area contributed by atoms with Crippen molar-refractivity contribution in [1.29, 1.82) is 0 Å². The van der Waals surface area contributed by atoms with Gasteiger partial charge in [0.2, 0.25) is 0 Å². The first-order valence-electron chi connectivity index (χ1n) is 4.43. The monoisotopic (exact) mass is 259 g/mol. The summed E-state index contributed by atoms with van der Waals surface area (Å²) in [6.45, 7) is 4.43. The zero-order chi connectivity index (χ0) is 10.7. The van der Waals surface area contributed by atoms with Crippen LogP contribution in [0.4, 0.5) is 0 Å². The molecule has 1 N–H and O–H groups in total. The number of carbonyl (C=O) groups excluding carboxylic acids is 1. The van der Waals surface area contributed by atoms with Gasteiger partial charge in [0.05, 0.1) is 11.3 Å². The number of nitrogens with one attached hydrogen (secondary N) is 1. The fourth-order valence-electron chi connectivity index (χ4n) is 1.15. The Bertz CT molecular complexity index is 333. The summed E-state index contributed by atoms with van der Waals surface area (Å²) in [6, 6.07) is 0. The molecule has 0 saturated carbocycles. The maximum absolute atomic E-state index is 11.6. The van der Waals surface area contributed by atoms with Crippen molar-refractivity contribution in [3.63, 3.8) is 0 Å². The first kappa shape index (κ1) is 11.2. The number of alkyl halides is 1. The van der Waals surface area contributed by atoms with Crippen LogP contribution in [-0.4, -0.2) is 27.1 Å². The maximum Gasteiger partial charge on any atom is 0.254 e. The molecule has 0 aliphatic carbocycles. The third-order valence-electron chi connectivity index (χ3n) is 1.80. The van der Waals surface area contributed by atoms with E-state index in [1.165, 1.54) is 0 Å². The Morgan fingerprint density at radius 2 is 2.43 bits per heavy atom. The molecule has 0 saturated heterocycles. The molecule has 78 valence electrons. The highest BCUT2D eigenvalue weighted by Crippen LogP contribution is 2.04. The SMILES string of the molecule is Cc1nn(C)cc1C(=O)NCC(C)Br. The van der Waals surface area contributed by atoms with E-state index in [2.05, 4.69) is 26.3 Å². The average Bonchev–Trinajstić information content (AvgIpc) is 2.41. The van der Waals surface area contributed by atoms with Crippen LogP contribution in [0.25, 0.3) is 0 Å². The van der Waals surface area contributed by atoms with Crippen molar-refractivity contribution in [2.24, 2.45) is 7.05 Å². The van der Waals surface area contributed by atoms with Crippen LogP contribution in [0.5, 0.6) is 0 Å². The summed E-state index contributed by atoms with van der Waals surface area (Å²) in [5.41, 5.74) is 1.40. The van der Waals surface area contributed by atoms with Crippen molar-refractivity contribution >= 4 is 21.8 Å². The molecule has 1 amide bonds. The molecule has 0 fully saturated rings. The number of aromatic nitrogens is 2. The summed E-state index contributed by atoms with van der Waals surface area (Å²) in [6.07, 6.45) is 1.73. The van der Waals surface area contributed by atoms with E-state index in [0.717, 1.165) is 5.69 Å². The van der Waals surface area contributed by atoms with Gasteiger partial charge in [0.25, 0.3) is 5.91 Å². The first-order chi connectivity index (χ1) is 6.50. The highest BCUT2D eigenvalue weighted by Gasteiger charge is 2.12. The van der Waals surface area contributed by atoms with Crippen LogP contribution in [0.15, 0.2) is 6.20 Å². The largest absolute Gasteiger partial charge is 0.351 e. The van der Waals surface area contributed by atoms with E-state index in [0.29, 0.717) is 12.1 Å². The Labute approximate surface area is 91.8 Å². The highest BCUT2D eigenvalue weighted by atomic mass is 79.9. The van der Waals surface area contributed by atoms with E-state index in [9.17, 15) is 4.79 Å². The van der Waals surface area contributed by atoms with E-state index in [1.807, 2.05) is 13.8 Å². The molecule has 0 radical (unpaired) electrons. The molecule has 1 rings (SSSR count). The third kappa shape index (κ3) is 2.83. The zero-order valence-electron chi connectivity index (χ0n) is 8.54. The van der Waals surface area contributed by atoms with Crippen LogP contribution in [0.2, 0.25) is 0 Å². The minimum absolute atomic E-state index is 0.0677. The van der Waals surface area contributed by atoms with Gasteiger partial charge < -0.3 is 5.32 Å². The van der Waals surface area contributed by atoms with Gasteiger partial charge in [-0.3, -0.25) is 9.48 Å². The lowest BCUT2D eigenvalue weighted by Gasteiger charge is -2.04. The zero-order valence-corrected chi connectivity index (χ0v) is 10.1. The molecule has 0 aliphatic rings. The highest BCUT2D eigenvalue weighted by molar-refractivity contribution is 9.09. The number of aryl methyl sites for hydroxylation is 2. The topological polar surface area (TPSA) is 46.9 Å². The molecule has 1 heterocycles. The Hall–Kier alpha value is -0.840. The Kier molecular flexibility index (Phi) is 3.69. The van der Waals surface area contributed by atoms with Crippen LogP contribution < -0.4 is 5.32 Å². The lowest BCUT2D eigenvalue weighted by molar-refractivity contribution is 0.0953. The van der Waals surface area contributed by atoms with Crippen molar-refractivity contribution in [2.75, 3.05) is 6.54 Å². The smallest absolute Gasteiger partial charge is 0.254 e. The van der Waals surface area contributed by atoms with E-state index >= 15 is 0 Å². The molecule has 1 aromatic rings. The predicted molar refractivity (Wildman–Crippen MR) is 58.7 cm³/mol. The quantitative estimate of drug-likeness (QED) is 0.831. The molecule has 5 heteroatoms. The maximum atomic E-state index is 11.6. The van der Waals surface area contributed by atoms with Gasteiger partial charge in [-0.05, 0) is 6.92 Å². The van der Waals surface area contributed by atoms with Gasteiger partial charge in [-0.1, -0.05) is 22.9 Å². The van der Waals surface area contributed by atoms with Crippen LogP contribution in [-0.2, 0) is 7.05 Å². The van der Waals surface area contributed by atoms with Crippen LogP contribution in [0.3, 0.4) is 0 Å². The number of carbonyl (C=O) groups is 1. The van der Waals surface area contributed by atoms with Gasteiger partial charge in [0.15, 0.2) is 0 Å². The molecule has 1 unspecified atom stereocenters. The van der Waals surface area contributed by atoms with Crippen LogP contribution in [0, 0.1) is 6.92 Å². The van der Waals surface area contributed by atoms with Gasteiger partial charge >= 0.3 is 0 Å². The molecule has 0 aliphatic heterocycles. The Morgan fingerprint density at radius 3 is 2.86 bits per heavy atom. The van der Waals surface area contributed by atoms with Gasteiger partial charge in [0, 0.05) is 24.6 Å². The molecular weight excluding hydrogens is 246 g/mol. The lowest BCUT2D eigenvalue weighted by Crippen LogP contribution is -2.28. The summed E-state index contributed by atoms with van der Waals surface area (Å²) >= 11 is 3.36. The second-order valence-corrected chi connectivity index (χ2v) is 4.86. The second-order valence-electron chi connectivity index (χ2n) is 3.29. The normalized spacial score (nSPS) is 12.6. The Morgan fingerprint density at radius 1 is 1.79 bits per heavy atom. The van der Waals surface area contributed by atoms with Gasteiger partial charge in [0.1, 0.15) is 0 Å². The number of rotatable bonds is 3. The van der Waals surface area contributed by atoms with Crippen molar-refractivity contribution in [2.45, 2.75) is 18.7 Å². The molecule has 1 aromatic heterocycles. The molecule has 14 heavy (non-hydrogen) atoms. The number of halogens is 1. The van der Waals surface area contributed by atoms with Crippen molar-refractivity contribution in [3.8, 4) is 0 Å². The van der Waals surface area contributed by atoms with E-state index < -0.39 is 0 Å². The average molecular weight is 260 g/mol. The fraction of sp³-hybridized carbons (Fsp3) is 0.556. The van der Waals surface area contributed by atoms with E-state index in [1.54, 1.807) is 17.9 Å². The number of hydrogen-bond donors (Lipinski definition) is 1. The Balaban J connectivity index is 2.65. The minimum atomic E-state index is -0.0677. The third-order valence-corrected chi connectivity index (χ3v) is 2.13. The summed E-state index contributed by atoms with van der Waals surface area (Å²) in [7, 11) is 1.80. The van der Waals surface area contributed by atoms with Crippen LogP contribution >= 0.6 is 15.9 Å². The van der Waals surface area contributed by atoms with Crippen molar-refractivity contribution in [1.82, 2.24) is 15.1 Å². The summed E-state index contributed by atoms with van der Waals surface area (Å²) in [4.78, 5) is 11.9. The molecule has 0 aromatic carbocycles. The van der Waals surface area contributed by atoms with E-state index in [4.69, 9.17) is 0 Å². The summed E-state index contributed by atoms with van der Waals surface area (Å²) < 4.78 is 1.64. The predicted octanol–water partition coefficient (Wildman–Crippen LogP) is 1.24. The number of hydrogen-bond acceptors (Lipinski definition) is 2. The lowest BCUT2D eigenvalue weighted by atomic mass is 10.2. The summed E-state index contributed by atoms with van der Waals surface area (Å²) in [5.74, 6) is -0.0677.